The Morgan fingerprint density at radius 1 is 1.26 bits per heavy atom. The molecule has 19 heavy (non-hydrogen) atoms. The summed E-state index contributed by atoms with van der Waals surface area (Å²) in [6.45, 7) is 11.2. The third-order valence-corrected chi connectivity index (χ3v) is 2.87. The third-order valence-electron chi connectivity index (χ3n) is 2.87. The molecule has 0 rings (SSSR count). The van der Waals surface area contributed by atoms with Gasteiger partial charge in [-0.1, -0.05) is 27.7 Å². The minimum atomic E-state index is -0.245. The quantitative estimate of drug-likeness (QED) is 0.669. The Morgan fingerprint density at radius 3 is 2.32 bits per heavy atom. The van der Waals surface area contributed by atoms with Crippen LogP contribution in [0.15, 0.2) is 0 Å². The number of hydrogen-bond acceptors (Lipinski definition) is 3. The molecule has 1 unspecified atom stereocenters. The summed E-state index contributed by atoms with van der Waals surface area (Å²) in [6, 6.07) is 0. The summed E-state index contributed by atoms with van der Waals surface area (Å²) in [4.78, 5) is 24.8. The monoisotopic (exact) mass is 271 g/mol. The number of ether oxygens (including phenoxy) is 1. The smallest absolute Gasteiger partial charge is 0.307 e. The van der Waals surface area contributed by atoms with E-state index in [-0.39, 0.29) is 23.7 Å². The standard InChI is InChI=1S/C15H29NO3/c1-7-19-14(18)8-9-16(6)13(17)10-12(2)11-15(3,4)5/h12H,7-11H2,1-6H3. The summed E-state index contributed by atoms with van der Waals surface area (Å²) in [7, 11) is 1.74. The summed E-state index contributed by atoms with van der Waals surface area (Å²) >= 11 is 0. The van der Waals surface area contributed by atoms with E-state index in [9.17, 15) is 9.59 Å². The Kier molecular flexibility index (Phi) is 7.72. The molecule has 4 nitrogen and oxygen atoms in total. The van der Waals surface area contributed by atoms with E-state index >= 15 is 0 Å². The molecule has 0 bridgehead atoms. The molecule has 0 spiro atoms. The lowest BCUT2D eigenvalue weighted by Gasteiger charge is -2.24. The van der Waals surface area contributed by atoms with Gasteiger partial charge in [-0.25, -0.2) is 0 Å². The van der Waals surface area contributed by atoms with Crippen LogP contribution in [0.3, 0.4) is 0 Å². The molecule has 0 saturated carbocycles. The second-order valence-electron chi connectivity index (χ2n) is 6.44. The van der Waals surface area contributed by atoms with Crippen LogP contribution in [0.1, 0.15) is 53.9 Å². The molecule has 0 aromatic heterocycles. The molecule has 0 aliphatic carbocycles. The van der Waals surface area contributed by atoms with Gasteiger partial charge in [-0.2, -0.15) is 0 Å². The number of hydrogen-bond donors (Lipinski definition) is 0. The fourth-order valence-electron chi connectivity index (χ4n) is 2.19. The lowest BCUT2D eigenvalue weighted by molar-refractivity contribution is -0.143. The summed E-state index contributed by atoms with van der Waals surface area (Å²) in [6.07, 6.45) is 1.82. The van der Waals surface area contributed by atoms with Crippen LogP contribution >= 0.6 is 0 Å². The first kappa shape index (κ1) is 17.9. The van der Waals surface area contributed by atoms with Crippen molar-refractivity contribution < 1.29 is 14.3 Å². The number of nitrogens with zero attached hydrogens (tertiary/aromatic N) is 1. The zero-order valence-corrected chi connectivity index (χ0v) is 13.3. The highest BCUT2D eigenvalue weighted by atomic mass is 16.5. The van der Waals surface area contributed by atoms with Gasteiger partial charge in [0.25, 0.3) is 0 Å². The average molecular weight is 271 g/mol. The van der Waals surface area contributed by atoms with E-state index in [0.29, 0.717) is 25.5 Å². The molecule has 1 amide bonds. The number of carbonyl (C=O) groups is 2. The molecule has 0 aromatic rings. The number of amides is 1. The van der Waals surface area contributed by atoms with Crippen LogP contribution in [0.25, 0.3) is 0 Å². The van der Waals surface area contributed by atoms with E-state index in [1.54, 1.807) is 18.9 Å². The molecule has 0 aliphatic heterocycles. The molecule has 0 fully saturated rings. The van der Waals surface area contributed by atoms with Gasteiger partial charge in [0.1, 0.15) is 0 Å². The van der Waals surface area contributed by atoms with Crippen molar-refractivity contribution in [2.75, 3.05) is 20.2 Å². The average Bonchev–Trinajstić information content (AvgIpc) is 2.23. The molecule has 0 aliphatic rings. The maximum atomic E-state index is 12.0. The summed E-state index contributed by atoms with van der Waals surface area (Å²) < 4.78 is 4.84. The van der Waals surface area contributed by atoms with Crippen LogP contribution in [0.2, 0.25) is 0 Å². The van der Waals surface area contributed by atoms with Crippen LogP contribution in [0.5, 0.6) is 0 Å². The second-order valence-corrected chi connectivity index (χ2v) is 6.44. The summed E-state index contributed by atoms with van der Waals surface area (Å²) in [5, 5.41) is 0. The van der Waals surface area contributed by atoms with Crippen LogP contribution in [-0.2, 0) is 14.3 Å². The molecule has 0 radical (unpaired) electrons. The maximum Gasteiger partial charge on any atom is 0.307 e. The van der Waals surface area contributed by atoms with E-state index in [0.717, 1.165) is 6.42 Å². The highest BCUT2D eigenvalue weighted by Gasteiger charge is 2.19. The Bertz CT molecular complexity index is 294. The molecular formula is C15H29NO3. The summed E-state index contributed by atoms with van der Waals surface area (Å²) in [5.74, 6) is 0.212. The van der Waals surface area contributed by atoms with Gasteiger partial charge in [0.2, 0.25) is 5.91 Å². The second kappa shape index (κ2) is 8.18. The van der Waals surface area contributed by atoms with Gasteiger partial charge in [0, 0.05) is 20.0 Å². The molecule has 1 atom stereocenters. The minimum Gasteiger partial charge on any atom is -0.466 e. The zero-order chi connectivity index (χ0) is 15.1. The van der Waals surface area contributed by atoms with Crippen molar-refractivity contribution in [3.8, 4) is 0 Å². The van der Waals surface area contributed by atoms with Gasteiger partial charge in [-0.15, -0.1) is 0 Å². The highest BCUT2D eigenvalue weighted by Crippen LogP contribution is 2.26. The maximum absolute atomic E-state index is 12.0. The zero-order valence-electron chi connectivity index (χ0n) is 13.3. The van der Waals surface area contributed by atoms with Crippen molar-refractivity contribution in [1.82, 2.24) is 4.90 Å². The van der Waals surface area contributed by atoms with Crippen molar-refractivity contribution in [2.24, 2.45) is 11.3 Å². The topological polar surface area (TPSA) is 46.6 Å². The summed E-state index contributed by atoms with van der Waals surface area (Å²) in [5.41, 5.74) is 0.239. The van der Waals surface area contributed by atoms with Gasteiger partial charge in [-0.3, -0.25) is 9.59 Å². The van der Waals surface area contributed by atoms with E-state index in [1.807, 2.05) is 0 Å². The molecule has 0 saturated heterocycles. The SMILES string of the molecule is CCOC(=O)CCN(C)C(=O)CC(C)CC(C)(C)C. The predicted molar refractivity (Wildman–Crippen MR) is 76.7 cm³/mol. The fourth-order valence-corrected chi connectivity index (χ4v) is 2.19. The first-order valence-electron chi connectivity index (χ1n) is 7.05. The van der Waals surface area contributed by atoms with E-state index in [1.165, 1.54) is 0 Å². The van der Waals surface area contributed by atoms with Crippen LogP contribution in [0, 0.1) is 11.3 Å². The van der Waals surface area contributed by atoms with Crippen molar-refractivity contribution in [2.45, 2.75) is 53.9 Å². The molecular weight excluding hydrogens is 242 g/mol. The van der Waals surface area contributed by atoms with Crippen molar-refractivity contribution in [1.29, 1.82) is 0 Å². The highest BCUT2D eigenvalue weighted by molar-refractivity contribution is 5.77. The third kappa shape index (κ3) is 9.51. The van der Waals surface area contributed by atoms with Gasteiger partial charge in [-0.05, 0) is 24.7 Å². The molecule has 0 aromatic carbocycles. The molecule has 0 heterocycles. The van der Waals surface area contributed by atoms with Crippen molar-refractivity contribution in [3.63, 3.8) is 0 Å². The first-order valence-corrected chi connectivity index (χ1v) is 7.05. The Balaban J connectivity index is 4.03. The van der Waals surface area contributed by atoms with Crippen molar-refractivity contribution in [3.05, 3.63) is 0 Å². The van der Waals surface area contributed by atoms with Crippen LogP contribution in [0.4, 0.5) is 0 Å². The Morgan fingerprint density at radius 2 is 1.84 bits per heavy atom. The Labute approximate surface area is 117 Å². The van der Waals surface area contributed by atoms with Crippen LogP contribution < -0.4 is 0 Å². The first-order chi connectivity index (χ1) is 8.65. The van der Waals surface area contributed by atoms with Gasteiger partial charge >= 0.3 is 5.97 Å². The number of carbonyl (C=O) groups excluding carboxylic acids is 2. The minimum absolute atomic E-state index is 0.0982. The number of esters is 1. The molecule has 4 heteroatoms. The normalized spacial score (nSPS) is 12.9. The van der Waals surface area contributed by atoms with Gasteiger partial charge in [0.05, 0.1) is 13.0 Å². The predicted octanol–water partition coefficient (Wildman–Crippen LogP) is 2.86. The fraction of sp³-hybridized carbons (Fsp3) is 0.867. The van der Waals surface area contributed by atoms with E-state index < -0.39 is 0 Å². The Hall–Kier alpha value is -1.06. The van der Waals surface area contributed by atoms with Gasteiger partial charge < -0.3 is 9.64 Å². The van der Waals surface area contributed by atoms with E-state index in [4.69, 9.17) is 4.74 Å². The lowest BCUT2D eigenvalue weighted by atomic mass is 9.84. The van der Waals surface area contributed by atoms with E-state index in [2.05, 4.69) is 27.7 Å². The molecule has 112 valence electrons. The lowest BCUT2D eigenvalue weighted by Crippen LogP contribution is -2.31. The largest absolute Gasteiger partial charge is 0.466 e. The van der Waals surface area contributed by atoms with Gasteiger partial charge in [0.15, 0.2) is 0 Å². The van der Waals surface area contributed by atoms with Crippen molar-refractivity contribution >= 4 is 11.9 Å². The van der Waals surface area contributed by atoms with Crippen LogP contribution in [-0.4, -0.2) is 37.0 Å². The molecule has 0 N–H and O–H groups in total. The number of rotatable bonds is 7.